The van der Waals surface area contributed by atoms with E-state index in [1.54, 1.807) is 6.07 Å². The summed E-state index contributed by atoms with van der Waals surface area (Å²) in [5.41, 5.74) is 3.27. The molecule has 1 aliphatic heterocycles. The van der Waals surface area contributed by atoms with Crippen LogP contribution in [-0.2, 0) is 13.0 Å². The van der Waals surface area contributed by atoms with Gasteiger partial charge in [0.05, 0.1) is 26.7 Å². The number of aromatic nitrogens is 1. The number of nitrogens with zero attached hydrogens (tertiary/aromatic N) is 2. The fourth-order valence-corrected chi connectivity index (χ4v) is 5.84. The van der Waals surface area contributed by atoms with E-state index in [4.69, 9.17) is 4.42 Å². The summed E-state index contributed by atoms with van der Waals surface area (Å²) in [5.74, 6) is 0.260. The Labute approximate surface area is 191 Å². The van der Waals surface area contributed by atoms with Crippen LogP contribution in [0.5, 0.6) is 5.75 Å². The average molecular weight is 449 g/mol. The number of piperidine rings is 1. The van der Waals surface area contributed by atoms with E-state index in [-0.39, 0.29) is 11.2 Å². The third kappa shape index (κ3) is 3.61. The van der Waals surface area contributed by atoms with Crippen molar-refractivity contribution in [3.05, 3.63) is 57.9 Å². The zero-order chi connectivity index (χ0) is 22.2. The SMILES string of the molecule is CCc1cc2c(=O)c(-c3nc4ccccc4s3)coc2c(CN2CCCC[C@@H]2CC)c1O. The molecule has 166 valence electrons. The Balaban J connectivity index is 1.65. The Morgan fingerprint density at radius 1 is 1.25 bits per heavy atom. The highest BCUT2D eigenvalue weighted by Gasteiger charge is 2.25. The van der Waals surface area contributed by atoms with Gasteiger partial charge in [-0.05, 0) is 56.0 Å². The molecule has 1 atom stereocenters. The highest BCUT2D eigenvalue weighted by Crippen LogP contribution is 2.35. The molecule has 2 aromatic carbocycles. The number of aryl methyl sites for hydroxylation is 1. The molecule has 0 bridgehead atoms. The van der Waals surface area contributed by atoms with Crippen molar-refractivity contribution in [3.63, 3.8) is 0 Å². The largest absolute Gasteiger partial charge is 0.507 e. The molecule has 0 unspecified atom stereocenters. The minimum atomic E-state index is -0.0908. The number of thiazole rings is 1. The number of phenols is 1. The minimum absolute atomic E-state index is 0.0908. The maximum Gasteiger partial charge on any atom is 0.202 e. The number of hydrogen-bond acceptors (Lipinski definition) is 6. The highest BCUT2D eigenvalue weighted by molar-refractivity contribution is 7.21. The van der Waals surface area contributed by atoms with Gasteiger partial charge in [-0.15, -0.1) is 11.3 Å². The van der Waals surface area contributed by atoms with E-state index in [2.05, 4.69) is 16.8 Å². The second-order valence-electron chi connectivity index (χ2n) is 8.59. The summed E-state index contributed by atoms with van der Waals surface area (Å²) in [5, 5.41) is 12.2. The molecule has 1 aliphatic rings. The molecule has 0 spiro atoms. The van der Waals surface area contributed by atoms with Gasteiger partial charge in [0.1, 0.15) is 22.6 Å². The van der Waals surface area contributed by atoms with Gasteiger partial charge >= 0.3 is 0 Å². The number of para-hydroxylation sites is 1. The first-order valence-electron chi connectivity index (χ1n) is 11.5. The predicted molar refractivity (Wildman–Crippen MR) is 130 cm³/mol. The second-order valence-corrected chi connectivity index (χ2v) is 9.62. The third-order valence-corrected chi connectivity index (χ3v) is 7.77. The summed E-state index contributed by atoms with van der Waals surface area (Å²) in [6.45, 7) is 5.81. The molecule has 2 aromatic heterocycles. The van der Waals surface area contributed by atoms with Crippen LogP contribution in [0.2, 0.25) is 0 Å². The van der Waals surface area contributed by atoms with Crippen LogP contribution in [-0.4, -0.2) is 27.6 Å². The van der Waals surface area contributed by atoms with Crippen molar-refractivity contribution >= 4 is 32.5 Å². The lowest BCUT2D eigenvalue weighted by Gasteiger charge is -2.35. The Kier molecular flexibility index (Phi) is 5.74. The van der Waals surface area contributed by atoms with Gasteiger partial charge < -0.3 is 9.52 Å². The molecule has 0 saturated carbocycles. The summed E-state index contributed by atoms with van der Waals surface area (Å²) < 4.78 is 7.12. The molecule has 5 nitrogen and oxygen atoms in total. The normalized spacial score (nSPS) is 17.4. The molecular formula is C26H28N2O3S. The fraction of sp³-hybridized carbons (Fsp3) is 0.385. The predicted octanol–water partition coefficient (Wildman–Crippen LogP) is 6.10. The summed E-state index contributed by atoms with van der Waals surface area (Å²) in [6.07, 6.45) is 6.83. The van der Waals surface area contributed by atoms with Crippen molar-refractivity contribution in [1.29, 1.82) is 0 Å². The van der Waals surface area contributed by atoms with Gasteiger partial charge in [0, 0.05) is 12.6 Å². The lowest BCUT2D eigenvalue weighted by atomic mass is 9.97. The molecule has 1 fully saturated rings. The van der Waals surface area contributed by atoms with Crippen molar-refractivity contribution in [3.8, 4) is 16.3 Å². The first kappa shape index (κ1) is 21.2. The van der Waals surface area contributed by atoms with E-state index in [1.807, 2.05) is 31.2 Å². The fourth-order valence-electron chi connectivity index (χ4n) is 4.88. The van der Waals surface area contributed by atoms with E-state index < -0.39 is 0 Å². The molecule has 5 rings (SSSR count). The van der Waals surface area contributed by atoms with Gasteiger partial charge in [0.15, 0.2) is 0 Å². The monoisotopic (exact) mass is 448 g/mol. The van der Waals surface area contributed by atoms with Gasteiger partial charge in [-0.1, -0.05) is 32.4 Å². The molecule has 6 heteroatoms. The lowest BCUT2D eigenvalue weighted by molar-refractivity contribution is 0.135. The number of hydrogen-bond donors (Lipinski definition) is 1. The molecular weight excluding hydrogens is 420 g/mol. The Morgan fingerprint density at radius 2 is 2.09 bits per heavy atom. The third-order valence-electron chi connectivity index (χ3n) is 6.70. The Bertz CT molecular complexity index is 1310. The van der Waals surface area contributed by atoms with Crippen LogP contribution >= 0.6 is 11.3 Å². The van der Waals surface area contributed by atoms with Crippen LogP contribution in [0.15, 0.2) is 45.8 Å². The number of aromatic hydroxyl groups is 1. The minimum Gasteiger partial charge on any atom is -0.507 e. The van der Waals surface area contributed by atoms with Gasteiger partial charge in [-0.2, -0.15) is 0 Å². The molecule has 1 N–H and O–H groups in total. The topological polar surface area (TPSA) is 66.6 Å². The van der Waals surface area contributed by atoms with Gasteiger partial charge in [0.2, 0.25) is 5.43 Å². The maximum absolute atomic E-state index is 13.6. The zero-order valence-electron chi connectivity index (χ0n) is 18.6. The average Bonchev–Trinajstić information content (AvgIpc) is 3.25. The zero-order valence-corrected chi connectivity index (χ0v) is 19.4. The number of rotatable bonds is 5. The van der Waals surface area contributed by atoms with Crippen LogP contribution in [0.3, 0.4) is 0 Å². The van der Waals surface area contributed by atoms with Gasteiger partial charge in [-0.25, -0.2) is 4.98 Å². The van der Waals surface area contributed by atoms with Crippen LogP contribution in [0.25, 0.3) is 31.8 Å². The summed E-state index contributed by atoms with van der Waals surface area (Å²) >= 11 is 1.49. The van der Waals surface area contributed by atoms with Crippen LogP contribution in [0.1, 0.15) is 50.7 Å². The Morgan fingerprint density at radius 3 is 2.88 bits per heavy atom. The first-order chi connectivity index (χ1) is 15.6. The number of likely N-dealkylation sites (tertiary alicyclic amines) is 1. The summed E-state index contributed by atoms with van der Waals surface area (Å²) in [7, 11) is 0. The van der Waals surface area contributed by atoms with E-state index in [0.717, 1.165) is 40.7 Å². The lowest BCUT2D eigenvalue weighted by Crippen LogP contribution is -2.38. The highest BCUT2D eigenvalue weighted by atomic mass is 32.1. The van der Waals surface area contributed by atoms with E-state index >= 15 is 0 Å². The standard InChI is InChI=1S/C26H28N2O3S/c1-3-16-13-18-24(30)20(26-27-21-10-5-6-11-22(21)32-26)15-31-25(18)19(23(16)29)14-28-12-8-7-9-17(28)4-2/h5-6,10-11,13,15,17,29H,3-4,7-9,12,14H2,1-2H3/t17-/m0/s1. The van der Waals surface area contributed by atoms with Crippen molar-refractivity contribution in [1.82, 2.24) is 9.88 Å². The molecule has 4 aromatic rings. The van der Waals surface area contributed by atoms with E-state index in [1.165, 1.54) is 30.4 Å². The molecule has 3 heterocycles. The quantitative estimate of drug-likeness (QED) is 0.399. The smallest absolute Gasteiger partial charge is 0.202 e. The van der Waals surface area contributed by atoms with Crippen LogP contribution in [0, 0.1) is 0 Å². The maximum atomic E-state index is 13.6. The number of benzene rings is 2. The molecule has 0 radical (unpaired) electrons. The molecule has 1 saturated heterocycles. The first-order valence-corrected chi connectivity index (χ1v) is 12.3. The number of phenolic OH excluding ortho intramolecular Hbond substituents is 1. The summed E-state index contributed by atoms with van der Waals surface area (Å²) in [4.78, 5) is 20.6. The molecule has 0 aliphatic carbocycles. The van der Waals surface area contributed by atoms with Crippen LogP contribution < -0.4 is 5.43 Å². The van der Waals surface area contributed by atoms with Gasteiger partial charge in [-0.3, -0.25) is 9.69 Å². The van der Waals surface area contributed by atoms with Gasteiger partial charge in [0.25, 0.3) is 0 Å². The Hall–Kier alpha value is -2.70. The van der Waals surface area contributed by atoms with Crippen molar-refractivity contribution in [2.24, 2.45) is 0 Å². The molecule has 0 amide bonds. The van der Waals surface area contributed by atoms with Crippen molar-refractivity contribution < 1.29 is 9.52 Å². The van der Waals surface area contributed by atoms with Crippen molar-refractivity contribution in [2.75, 3.05) is 6.54 Å². The number of fused-ring (bicyclic) bond motifs is 2. The summed E-state index contributed by atoms with van der Waals surface area (Å²) in [6, 6.07) is 10.2. The van der Waals surface area contributed by atoms with E-state index in [0.29, 0.717) is 40.5 Å². The van der Waals surface area contributed by atoms with Crippen LogP contribution in [0.4, 0.5) is 0 Å². The van der Waals surface area contributed by atoms with Crippen molar-refractivity contribution in [2.45, 2.75) is 58.5 Å². The second kappa shape index (κ2) is 8.68. The molecule has 32 heavy (non-hydrogen) atoms. The van der Waals surface area contributed by atoms with E-state index in [9.17, 15) is 9.90 Å².